The predicted octanol–water partition coefficient (Wildman–Crippen LogP) is 0.678. The number of carbonyl (C=O) groups is 1. The van der Waals surface area contributed by atoms with Gasteiger partial charge in [-0.25, -0.2) is 4.98 Å². The lowest BCUT2D eigenvalue weighted by atomic mass is 10.1. The number of carbonyl (C=O) groups excluding carboxylic acids is 1. The molecule has 5 heteroatoms. The number of aliphatic hydroxyl groups is 1. The molecule has 3 N–H and O–H groups in total. The molecule has 92 valence electrons. The molecule has 0 bridgehead atoms. The van der Waals surface area contributed by atoms with Gasteiger partial charge in [-0.2, -0.15) is 0 Å². The maximum Gasteiger partial charge on any atom is 0.273 e. The van der Waals surface area contributed by atoms with Crippen LogP contribution in [0.15, 0.2) is 18.3 Å². The Bertz CT molecular complexity index is 408. The molecule has 1 aromatic heterocycles. The number of nitrogens with zero attached hydrogens (tertiary/aromatic N) is 1. The molecule has 2 atom stereocenters. The summed E-state index contributed by atoms with van der Waals surface area (Å²) in [6, 6.07) is 2.99. The summed E-state index contributed by atoms with van der Waals surface area (Å²) in [7, 11) is 0. The Morgan fingerprint density at radius 3 is 3.00 bits per heavy atom. The molecule has 1 saturated carbocycles. The van der Waals surface area contributed by atoms with Crippen LogP contribution in [0.1, 0.15) is 29.8 Å². The van der Waals surface area contributed by atoms with Gasteiger partial charge in [-0.1, -0.05) is 6.42 Å². The summed E-state index contributed by atoms with van der Waals surface area (Å²) in [4.78, 5) is 15.5. The highest BCUT2D eigenvalue weighted by atomic mass is 16.3. The fourth-order valence-corrected chi connectivity index (χ4v) is 2.13. The highest BCUT2D eigenvalue weighted by Crippen LogP contribution is 2.24. The molecule has 0 aliphatic heterocycles. The third-order valence-corrected chi connectivity index (χ3v) is 3.15. The summed E-state index contributed by atoms with van der Waals surface area (Å²) < 4.78 is 0. The second kappa shape index (κ2) is 5.14. The molecule has 1 aliphatic carbocycles. The quantitative estimate of drug-likeness (QED) is 0.720. The maximum atomic E-state index is 11.7. The molecular formula is C12H16N2O3. The van der Waals surface area contributed by atoms with E-state index < -0.39 is 5.91 Å². The van der Waals surface area contributed by atoms with Gasteiger partial charge >= 0.3 is 0 Å². The van der Waals surface area contributed by atoms with Crippen LogP contribution in [0.4, 0.5) is 0 Å². The Hall–Kier alpha value is -1.62. The first-order chi connectivity index (χ1) is 8.18. The van der Waals surface area contributed by atoms with Crippen LogP contribution in [0.25, 0.3) is 0 Å². The minimum Gasteiger partial charge on any atom is -0.505 e. The van der Waals surface area contributed by atoms with Crippen LogP contribution in [0, 0.1) is 5.92 Å². The van der Waals surface area contributed by atoms with Crippen LogP contribution < -0.4 is 5.32 Å². The summed E-state index contributed by atoms with van der Waals surface area (Å²) in [6.07, 6.45) is 3.85. The van der Waals surface area contributed by atoms with Crippen LogP contribution in [-0.2, 0) is 0 Å². The molecule has 2 unspecified atom stereocenters. The first-order valence-electron chi connectivity index (χ1n) is 5.78. The number of hydrogen-bond acceptors (Lipinski definition) is 4. The number of hydrogen-bond donors (Lipinski definition) is 3. The van der Waals surface area contributed by atoms with Crippen molar-refractivity contribution < 1.29 is 15.0 Å². The van der Waals surface area contributed by atoms with Crippen molar-refractivity contribution in [1.82, 2.24) is 10.3 Å². The van der Waals surface area contributed by atoms with E-state index in [0.717, 1.165) is 19.3 Å². The van der Waals surface area contributed by atoms with Crippen molar-refractivity contribution in [1.29, 1.82) is 0 Å². The summed E-state index contributed by atoms with van der Waals surface area (Å²) in [6.45, 7) is 0.427. The minimum atomic E-state index is -0.401. The predicted molar refractivity (Wildman–Crippen MR) is 61.6 cm³/mol. The monoisotopic (exact) mass is 236 g/mol. The van der Waals surface area contributed by atoms with E-state index in [1.54, 1.807) is 6.07 Å². The minimum absolute atomic E-state index is 0.0278. The average Bonchev–Trinajstić information content (AvgIpc) is 2.72. The van der Waals surface area contributed by atoms with Crippen LogP contribution in [0.2, 0.25) is 0 Å². The molecule has 0 spiro atoms. The molecule has 5 nitrogen and oxygen atoms in total. The summed E-state index contributed by atoms with van der Waals surface area (Å²) in [5.41, 5.74) is 0.0278. The lowest BCUT2D eigenvalue weighted by Crippen LogP contribution is -2.32. The molecule has 1 amide bonds. The van der Waals surface area contributed by atoms with Crippen molar-refractivity contribution in [3.63, 3.8) is 0 Å². The van der Waals surface area contributed by atoms with Crippen LogP contribution >= 0.6 is 0 Å². The van der Waals surface area contributed by atoms with Crippen molar-refractivity contribution in [2.75, 3.05) is 6.54 Å². The van der Waals surface area contributed by atoms with E-state index in [1.807, 2.05) is 0 Å². The van der Waals surface area contributed by atoms with E-state index in [0.29, 0.717) is 6.54 Å². The summed E-state index contributed by atoms with van der Waals surface area (Å²) in [5, 5.41) is 21.8. The van der Waals surface area contributed by atoms with Crippen LogP contribution in [0.5, 0.6) is 5.75 Å². The number of pyridine rings is 1. The second-order valence-electron chi connectivity index (χ2n) is 4.34. The van der Waals surface area contributed by atoms with Crippen molar-refractivity contribution in [2.45, 2.75) is 25.4 Å². The molecule has 1 aliphatic rings. The lowest BCUT2D eigenvalue weighted by molar-refractivity contribution is 0.0909. The highest BCUT2D eigenvalue weighted by Gasteiger charge is 2.25. The highest BCUT2D eigenvalue weighted by molar-refractivity contribution is 5.94. The largest absolute Gasteiger partial charge is 0.505 e. The van der Waals surface area contributed by atoms with Gasteiger partial charge in [-0.15, -0.1) is 0 Å². The normalized spacial score (nSPS) is 23.6. The van der Waals surface area contributed by atoms with E-state index in [4.69, 9.17) is 0 Å². The SMILES string of the molecule is O=C(NCC1CCCC1O)c1ncccc1O. The van der Waals surface area contributed by atoms with Crippen molar-refractivity contribution in [3.05, 3.63) is 24.0 Å². The first-order valence-corrected chi connectivity index (χ1v) is 5.78. The number of amides is 1. The number of nitrogens with one attached hydrogen (secondary N) is 1. The first kappa shape index (κ1) is 11.9. The average molecular weight is 236 g/mol. The summed E-state index contributed by atoms with van der Waals surface area (Å²) >= 11 is 0. The molecule has 1 heterocycles. The van der Waals surface area contributed by atoms with E-state index in [2.05, 4.69) is 10.3 Å². The van der Waals surface area contributed by atoms with E-state index in [1.165, 1.54) is 12.3 Å². The van der Waals surface area contributed by atoms with Gasteiger partial charge in [0.15, 0.2) is 5.69 Å². The fourth-order valence-electron chi connectivity index (χ4n) is 2.13. The maximum absolute atomic E-state index is 11.7. The third kappa shape index (κ3) is 2.74. The van der Waals surface area contributed by atoms with Gasteiger partial charge in [0.25, 0.3) is 5.91 Å². The van der Waals surface area contributed by atoms with E-state index in [9.17, 15) is 15.0 Å². The van der Waals surface area contributed by atoms with Gasteiger partial charge in [0, 0.05) is 18.7 Å². The zero-order valence-corrected chi connectivity index (χ0v) is 9.47. The Morgan fingerprint density at radius 1 is 1.53 bits per heavy atom. The van der Waals surface area contributed by atoms with Crippen LogP contribution in [0.3, 0.4) is 0 Å². The van der Waals surface area contributed by atoms with E-state index in [-0.39, 0.29) is 23.5 Å². The molecule has 0 radical (unpaired) electrons. The van der Waals surface area contributed by atoms with Gasteiger partial charge in [-0.05, 0) is 25.0 Å². The number of aromatic nitrogens is 1. The number of rotatable bonds is 3. The smallest absolute Gasteiger partial charge is 0.273 e. The Morgan fingerprint density at radius 2 is 2.35 bits per heavy atom. The molecular weight excluding hydrogens is 220 g/mol. The molecule has 1 aromatic rings. The zero-order valence-electron chi connectivity index (χ0n) is 9.47. The Kier molecular flexibility index (Phi) is 3.58. The van der Waals surface area contributed by atoms with Gasteiger partial charge in [0.05, 0.1) is 6.10 Å². The van der Waals surface area contributed by atoms with E-state index >= 15 is 0 Å². The number of aliphatic hydroxyl groups excluding tert-OH is 1. The summed E-state index contributed by atoms with van der Waals surface area (Å²) in [5.74, 6) is -0.413. The Balaban J connectivity index is 1.91. The van der Waals surface area contributed by atoms with Gasteiger partial charge in [0.1, 0.15) is 5.75 Å². The molecule has 17 heavy (non-hydrogen) atoms. The molecule has 0 aromatic carbocycles. The van der Waals surface area contributed by atoms with Crippen molar-refractivity contribution in [2.24, 2.45) is 5.92 Å². The second-order valence-corrected chi connectivity index (χ2v) is 4.34. The standard InChI is InChI=1S/C12H16N2O3/c15-9-4-1-3-8(9)7-14-12(17)11-10(16)5-2-6-13-11/h2,5-6,8-9,15-16H,1,3-4,7H2,(H,14,17). The lowest BCUT2D eigenvalue weighted by Gasteiger charge is -2.14. The molecule has 0 saturated heterocycles. The molecule has 1 fully saturated rings. The van der Waals surface area contributed by atoms with Crippen molar-refractivity contribution in [3.8, 4) is 5.75 Å². The van der Waals surface area contributed by atoms with Gasteiger partial charge < -0.3 is 15.5 Å². The topological polar surface area (TPSA) is 82.5 Å². The number of aromatic hydroxyl groups is 1. The third-order valence-electron chi connectivity index (χ3n) is 3.15. The van der Waals surface area contributed by atoms with Crippen LogP contribution in [-0.4, -0.2) is 33.8 Å². The zero-order chi connectivity index (χ0) is 12.3. The van der Waals surface area contributed by atoms with Crippen molar-refractivity contribution >= 4 is 5.91 Å². The Labute approximate surface area is 99.5 Å². The van der Waals surface area contributed by atoms with Gasteiger partial charge in [-0.3, -0.25) is 4.79 Å². The van der Waals surface area contributed by atoms with Gasteiger partial charge in [0.2, 0.25) is 0 Å². The fraction of sp³-hybridized carbons (Fsp3) is 0.500. The molecule has 2 rings (SSSR count).